The largest absolute Gasteiger partial charge is 0.396 e. The van der Waals surface area contributed by atoms with E-state index in [4.69, 9.17) is 0 Å². The number of benzene rings is 1. The number of amides is 2. The number of anilines is 1. The highest BCUT2D eigenvalue weighted by Crippen LogP contribution is 2.22. The highest BCUT2D eigenvalue weighted by Gasteiger charge is 2.28. The Morgan fingerprint density at radius 1 is 1.24 bits per heavy atom. The number of rotatable bonds is 4. The number of piperidine rings is 1. The van der Waals surface area contributed by atoms with Crippen molar-refractivity contribution >= 4 is 17.4 Å². The number of urea groups is 1. The van der Waals surface area contributed by atoms with E-state index in [1.807, 2.05) is 37.3 Å². The number of aliphatic hydroxyl groups excluding tert-OH is 1. The van der Waals surface area contributed by atoms with E-state index in [2.05, 4.69) is 10.4 Å². The molecule has 0 saturated carbocycles. The highest BCUT2D eigenvalue weighted by molar-refractivity contribution is 5.89. The first-order valence-electron chi connectivity index (χ1n) is 9.87. The molecule has 3 aromatic rings. The molecule has 29 heavy (non-hydrogen) atoms. The molecule has 0 bridgehead atoms. The SMILES string of the molecule is C[C@@H]1CC[C@@H](CO)CN1C(=O)Nc1cccc(Cn2nc3ccccn3c2=O)c1. The fourth-order valence-corrected chi connectivity index (χ4v) is 3.80. The van der Waals surface area contributed by atoms with Crippen LogP contribution in [-0.4, -0.2) is 49.4 Å². The molecule has 3 heterocycles. The van der Waals surface area contributed by atoms with Crippen LogP contribution in [0.15, 0.2) is 53.5 Å². The summed E-state index contributed by atoms with van der Waals surface area (Å²) in [5.74, 6) is 0.130. The van der Waals surface area contributed by atoms with E-state index >= 15 is 0 Å². The Kier molecular flexibility index (Phi) is 5.35. The number of pyridine rings is 1. The average molecular weight is 395 g/mol. The van der Waals surface area contributed by atoms with Crippen molar-refractivity contribution in [2.24, 2.45) is 5.92 Å². The Hall–Kier alpha value is -3.13. The van der Waals surface area contributed by atoms with Gasteiger partial charge in [-0.15, -0.1) is 5.10 Å². The number of hydrogen-bond donors (Lipinski definition) is 2. The number of nitrogens with zero attached hydrogens (tertiary/aromatic N) is 4. The third-order valence-electron chi connectivity index (χ3n) is 5.50. The molecule has 0 spiro atoms. The van der Waals surface area contributed by atoms with Crippen LogP contribution in [-0.2, 0) is 6.54 Å². The molecule has 2 N–H and O–H groups in total. The Bertz CT molecular complexity index is 1070. The molecular weight excluding hydrogens is 370 g/mol. The minimum absolute atomic E-state index is 0.0970. The van der Waals surface area contributed by atoms with Crippen molar-refractivity contribution in [3.63, 3.8) is 0 Å². The van der Waals surface area contributed by atoms with E-state index in [9.17, 15) is 14.7 Å². The topological polar surface area (TPSA) is 91.9 Å². The first-order chi connectivity index (χ1) is 14.0. The molecule has 8 nitrogen and oxygen atoms in total. The smallest absolute Gasteiger partial charge is 0.350 e. The maximum atomic E-state index is 12.7. The first kappa shape index (κ1) is 19.2. The molecule has 152 valence electrons. The van der Waals surface area contributed by atoms with Crippen LogP contribution in [0, 0.1) is 5.92 Å². The summed E-state index contributed by atoms with van der Waals surface area (Å²) in [6.45, 7) is 3.00. The monoisotopic (exact) mass is 395 g/mol. The molecule has 2 atom stereocenters. The zero-order valence-corrected chi connectivity index (χ0v) is 16.4. The van der Waals surface area contributed by atoms with E-state index in [0.29, 0.717) is 24.4 Å². The Morgan fingerprint density at radius 3 is 2.90 bits per heavy atom. The van der Waals surface area contributed by atoms with Gasteiger partial charge in [0.15, 0.2) is 5.65 Å². The fraction of sp³-hybridized carbons (Fsp3) is 0.381. The molecule has 1 fully saturated rings. The normalized spacial score (nSPS) is 19.4. The Balaban J connectivity index is 1.49. The molecule has 2 amide bonds. The summed E-state index contributed by atoms with van der Waals surface area (Å²) >= 11 is 0. The van der Waals surface area contributed by atoms with Crippen molar-refractivity contribution in [3.8, 4) is 0 Å². The van der Waals surface area contributed by atoms with Gasteiger partial charge in [0.2, 0.25) is 0 Å². The van der Waals surface area contributed by atoms with Crippen molar-refractivity contribution in [1.29, 1.82) is 0 Å². The minimum Gasteiger partial charge on any atom is -0.396 e. The lowest BCUT2D eigenvalue weighted by atomic mass is 9.94. The summed E-state index contributed by atoms with van der Waals surface area (Å²) in [4.78, 5) is 27.0. The highest BCUT2D eigenvalue weighted by atomic mass is 16.3. The van der Waals surface area contributed by atoms with Crippen LogP contribution in [0.4, 0.5) is 10.5 Å². The van der Waals surface area contributed by atoms with Gasteiger partial charge in [-0.3, -0.25) is 4.40 Å². The molecule has 2 aromatic heterocycles. The summed E-state index contributed by atoms with van der Waals surface area (Å²) in [5, 5.41) is 16.7. The number of hydrogen-bond acceptors (Lipinski definition) is 4. The lowest BCUT2D eigenvalue weighted by Crippen LogP contribution is -2.48. The van der Waals surface area contributed by atoms with E-state index < -0.39 is 0 Å². The van der Waals surface area contributed by atoms with Gasteiger partial charge in [0.25, 0.3) is 0 Å². The maximum Gasteiger partial charge on any atom is 0.350 e. The van der Waals surface area contributed by atoms with Gasteiger partial charge in [0, 0.05) is 31.1 Å². The van der Waals surface area contributed by atoms with Gasteiger partial charge in [0.1, 0.15) is 0 Å². The van der Waals surface area contributed by atoms with E-state index in [-0.39, 0.29) is 30.3 Å². The van der Waals surface area contributed by atoms with Gasteiger partial charge in [0.05, 0.1) is 6.54 Å². The molecule has 0 unspecified atom stereocenters. The van der Waals surface area contributed by atoms with E-state index in [1.54, 1.807) is 23.2 Å². The number of carbonyl (C=O) groups excluding carboxylic acids is 1. The van der Waals surface area contributed by atoms with Crippen LogP contribution < -0.4 is 11.0 Å². The van der Waals surface area contributed by atoms with Crippen LogP contribution >= 0.6 is 0 Å². The summed E-state index contributed by atoms with van der Waals surface area (Å²) in [5.41, 5.74) is 1.93. The third kappa shape index (κ3) is 4.02. The van der Waals surface area contributed by atoms with Crippen molar-refractivity contribution in [3.05, 3.63) is 64.7 Å². The van der Waals surface area contributed by atoms with Crippen LogP contribution in [0.25, 0.3) is 5.65 Å². The molecular formula is C21H25N5O3. The maximum absolute atomic E-state index is 12.7. The summed E-state index contributed by atoms with van der Waals surface area (Å²) in [7, 11) is 0. The lowest BCUT2D eigenvalue weighted by Gasteiger charge is -2.37. The predicted octanol–water partition coefficient (Wildman–Crippen LogP) is 2.17. The summed E-state index contributed by atoms with van der Waals surface area (Å²) < 4.78 is 2.91. The first-order valence-corrected chi connectivity index (χ1v) is 9.87. The molecule has 1 aliphatic heterocycles. The molecule has 4 rings (SSSR count). The third-order valence-corrected chi connectivity index (χ3v) is 5.50. The van der Waals surface area contributed by atoms with Crippen molar-refractivity contribution in [1.82, 2.24) is 19.1 Å². The van der Waals surface area contributed by atoms with Crippen molar-refractivity contribution in [2.45, 2.75) is 32.4 Å². The average Bonchev–Trinajstić information content (AvgIpc) is 3.04. The number of carbonyl (C=O) groups is 1. The lowest BCUT2D eigenvalue weighted by molar-refractivity contribution is 0.107. The zero-order chi connectivity index (χ0) is 20.4. The summed E-state index contributed by atoms with van der Waals surface area (Å²) in [6.07, 6.45) is 3.51. The van der Waals surface area contributed by atoms with Gasteiger partial charge in [-0.05, 0) is 55.5 Å². The predicted molar refractivity (Wildman–Crippen MR) is 110 cm³/mol. The number of likely N-dealkylation sites (tertiary alicyclic amines) is 1. The van der Waals surface area contributed by atoms with E-state index in [1.165, 1.54) is 9.08 Å². The Morgan fingerprint density at radius 2 is 2.10 bits per heavy atom. The van der Waals surface area contributed by atoms with Crippen molar-refractivity contribution < 1.29 is 9.90 Å². The standard InChI is InChI=1S/C21H25N5O3/c1-15-8-9-17(14-27)12-25(15)20(28)22-18-6-4-5-16(11-18)13-26-21(29)24-10-3-2-7-19(24)23-26/h2-7,10-11,15,17,27H,8-9,12-14H2,1H3,(H,22,28)/t15-,17-/m1/s1. The second kappa shape index (κ2) is 8.08. The van der Waals surface area contributed by atoms with Crippen LogP contribution in [0.1, 0.15) is 25.3 Å². The molecule has 1 saturated heterocycles. The van der Waals surface area contributed by atoms with Gasteiger partial charge in [-0.2, -0.15) is 0 Å². The molecule has 1 aliphatic rings. The molecule has 1 aromatic carbocycles. The number of fused-ring (bicyclic) bond motifs is 1. The minimum atomic E-state index is -0.202. The number of aliphatic hydroxyl groups is 1. The molecule has 0 radical (unpaired) electrons. The number of nitrogens with one attached hydrogen (secondary N) is 1. The van der Waals surface area contributed by atoms with Crippen LogP contribution in [0.2, 0.25) is 0 Å². The van der Waals surface area contributed by atoms with Gasteiger partial charge in [-0.1, -0.05) is 18.2 Å². The molecule has 8 heteroatoms. The fourth-order valence-electron chi connectivity index (χ4n) is 3.80. The van der Waals surface area contributed by atoms with Gasteiger partial charge < -0.3 is 15.3 Å². The summed E-state index contributed by atoms with van der Waals surface area (Å²) in [6, 6.07) is 12.8. The van der Waals surface area contributed by atoms with Crippen molar-refractivity contribution in [2.75, 3.05) is 18.5 Å². The molecule has 0 aliphatic carbocycles. The second-order valence-electron chi connectivity index (χ2n) is 7.63. The second-order valence-corrected chi connectivity index (χ2v) is 7.63. The van der Waals surface area contributed by atoms with Gasteiger partial charge >= 0.3 is 11.7 Å². The van der Waals surface area contributed by atoms with Crippen LogP contribution in [0.3, 0.4) is 0 Å². The quantitative estimate of drug-likeness (QED) is 0.708. The van der Waals surface area contributed by atoms with E-state index in [0.717, 1.165) is 18.4 Å². The van der Waals surface area contributed by atoms with Crippen LogP contribution in [0.5, 0.6) is 0 Å². The Labute approximate surface area is 168 Å². The zero-order valence-electron chi connectivity index (χ0n) is 16.4. The van der Waals surface area contributed by atoms with Gasteiger partial charge in [-0.25, -0.2) is 14.3 Å². The number of aromatic nitrogens is 3.